The molecule has 10 heteroatoms. The van der Waals surface area contributed by atoms with Crippen LogP contribution in [0.2, 0.25) is 0 Å². The molecule has 1 saturated heterocycles. The molecule has 1 aliphatic rings. The van der Waals surface area contributed by atoms with Crippen molar-refractivity contribution in [1.29, 1.82) is 0 Å². The molecular weight excluding hydrogens is 281 g/mol. The fourth-order valence-electron chi connectivity index (χ4n) is 1.62. The van der Waals surface area contributed by atoms with Gasteiger partial charge in [-0.3, -0.25) is 9.05 Å². The van der Waals surface area contributed by atoms with Crippen LogP contribution in [0.1, 0.15) is 13.8 Å². The van der Waals surface area contributed by atoms with Gasteiger partial charge in [-0.1, -0.05) is 0 Å². The predicted molar refractivity (Wildman–Crippen MR) is 62.9 cm³/mol. The Hall–Kier alpha value is -0.0900. The third kappa shape index (κ3) is 4.45. The molecule has 1 rings (SSSR count). The zero-order valence-corrected chi connectivity index (χ0v) is 11.5. The highest BCUT2D eigenvalue weighted by Crippen LogP contribution is 2.47. The Balaban J connectivity index is 2.74. The molecule has 0 aliphatic carbocycles. The van der Waals surface area contributed by atoms with Crippen molar-refractivity contribution in [2.75, 3.05) is 6.61 Å². The summed E-state index contributed by atoms with van der Waals surface area (Å²) in [5.41, 5.74) is 5.54. The minimum atomic E-state index is -4.42. The van der Waals surface area contributed by atoms with Gasteiger partial charge in [-0.2, -0.15) is 0 Å². The van der Waals surface area contributed by atoms with Crippen LogP contribution >= 0.6 is 7.82 Å². The van der Waals surface area contributed by atoms with E-state index in [-0.39, 0.29) is 0 Å². The molecule has 0 aromatic rings. The third-order valence-corrected chi connectivity index (χ3v) is 3.67. The minimum Gasteiger partial charge on any atom is -0.394 e. The van der Waals surface area contributed by atoms with Gasteiger partial charge in [0, 0.05) is 0 Å². The minimum absolute atomic E-state index is 0.570. The molecular formula is C9H20NO8P. The monoisotopic (exact) mass is 301 g/mol. The van der Waals surface area contributed by atoms with Crippen molar-refractivity contribution in [3.05, 3.63) is 0 Å². The maximum absolute atomic E-state index is 11.6. The Morgan fingerprint density at radius 1 is 1.37 bits per heavy atom. The van der Waals surface area contributed by atoms with Gasteiger partial charge in [0.1, 0.15) is 18.3 Å². The fourth-order valence-corrected chi connectivity index (χ4v) is 2.66. The smallest absolute Gasteiger partial charge is 0.394 e. The van der Waals surface area contributed by atoms with Gasteiger partial charge >= 0.3 is 7.82 Å². The summed E-state index contributed by atoms with van der Waals surface area (Å²) < 4.78 is 26.0. The van der Waals surface area contributed by atoms with E-state index in [1.807, 2.05) is 0 Å². The zero-order valence-electron chi connectivity index (χ0n) is 10.6. The largest absolute Gasteiger partial charge is 0.474 e. The highest BCUT2D eigenvalue weighted by Gasteiger charge is 2.45. The first-order chi connectivity index (χ1) is 8.68. The molecule has 0 saturated carbocycles. The fraction of sp³-hybridized carbons (Fsp3) is 1.00. The molecule has 1 aliphatic heterocycles. The van der Waals surface area contributed by atoms with Crippen LogP contribution in [0, 0.1) is 0 Å². The normalized spacial score (nSPS) is 39.3. The van der Waals surface area contributed by atoms with Crippen molar-refractivity contribution in [1.82, 2.24) is 0 Å². The van der Waals surface area contributed by atoms with E-state index in [2.05, 4.69) is 4.52 Å². The second-order valence-electron chi connectivity index (χ2n) is 4.51. The van der Waals surface area contributed by atoms with E-state index in [0.717, 1.165) is 0 Å². The van der Waals surface area contributed by atoms with E-state index in [0.29, 0.717) is 0 Å². The van der Waals surface area contributed by atoms with Crippen LogP contribution in [0.25, 0.3) is 0 Å². The SMILES string of the molecule is CC(C)OP(=O)(O)OC1OC(CO)[C@H](O)C(O)C1N. The molecule has 9 nitrogen and oxygen atoms in total. The quantitative estimate of drug-likeness (QED) is 0.374. The topological polar surface area (TPSA) is 152 Å². The summed E-state index contributed by atoms with van der Waals surface area (Å²) in [5.74, 6) is 0. The summed E-state index contributed by atoms with van der Waals surface area (Å²) in [6.45, 7) is 2.46. The Bertz CT molecular complexity index is 338. The Morgan fingerprint density at radius 2 is 1.95 bits per heavy atom. The van der Waals surface area contributed by atoms with Gasteiger partial charge < -0.3 is 30.7 Å². The molecule has 0 bridgehead atoms. The summed E-state index contributed by atoms with van der Waals surface area (Å²) in [7, 11) is -4.42. The number of rotatable bonds is 5. The molecule has 0 radical (unpaired) electrons. The van der Waals surface area contributed by atoms with E-state index >= 15 is 0 Å². The second-order valence-corrected chi connectivity index (χ2v) is 5.87. The number of aliphatic hydroxyl groups is 3. The number of phosphoric ester groups is 1. The van der Waals surface area contributed by atoms with E-state index in [9.17, 15) is 19.7 Å². The Labute approximate surface area is 110 Å². The van der Waals surface area contributed by atoms with Crippen molar-refractivity contribution in [3.63, 3.8) is 0 Å². The molecule has 5 unspecified atom stereocenters. The molecule has 1 heterocycles. The van der Waals surface area contributed by atoms with Crippen LogP contribution < -0.4 is 5.73 Å². The standard InChI is InChI=1S/C9H20NO8P/c1-4(2)17-19(14,15)18-9-6(10)8(13)7(12)5(3-11)16-9/h4-9,11-13H,3,10H2,1-2H3,(H,14,15)/t5?,6?,7-,8?,9?/m0/s1. The van der Waals surface area contributed by atoms with Crippen LogP contribution in [0.5, 0.6) is 0 Å². The van der Waals surface area contributed by atoms with Crippen LogP contribution in [0.3, 0.4) is 0 Å². The second kappa shape index (κ2) is 6.57. The Kier molecular flexibility index (Phi) is 5.87. The molecule has 114 valence electrons. The van der Waals surface area contributed by atoms with Crippen LogP contribution in [-0.4, -0.2) is 63.6 Å². The van der Waals surface area contributed by atoms with Crippen LogP contribution in [-0.2, 0) is 18.3 Å². The Morgan fingerprint density at radius 3 is 2.42 bits per heavy atom. The van der Waals surface area contributed by atoms with E-state index in [4.69, 9.17) is 20.1 Å². The summed E-state index contributed by atoms with van der Waals surface area (Å²) in [6, 6.07) is -1.26. The summed E-state index contributed by atoms with van der Waals surface area (Å²) in [5, 5.41) is 28.1. The van der Waals surface area contributed by atoms with Crippen molar-refractivity contribution < 1.29 is 38.6 Å². The molecule has 6 N–H and O–H groups in total. The zero-order chi connectivity index (χ0) is 14.8. The molecule has 0 spiro atoms. The van der Waals surface area contributed by atoms with Gasteiger partial charge in [0.25, 0.3) is 0 Å². The maximum Gasteiger partial charge on any atom is 0.474 e. The van der Waals surface area contributed by atoms with Crippen LogP contribution in [0.15, 0.2) is 0 Å². The predicted octanol–water partition coefficient (Wildman–Crippen LogP) is -1.71. The first-order valence-corrected chi connectivity index (χ1v) is 7.25. The van der Waals surface area contributed by atoms with Gasteiger partial charge in [-0.25, -0.2) is 4.57 Å². The average Bonchev–Trinajstić information content (AvgIpc) is 2.28. The molecule has 19 heavy (non-hydrogen) atoms. The van der Waals surface area contributed by atoms with Gasteiger partial charge in [-0.05, 0) is 13.8 Å². The summed E-state index contributed by atoms with van der Waals surface area (Å²) in [6.07, 6.45) is -6.09. The van der Waals surface area contributed by atoms with Gasteiger partial charge in [0.05, 0.1) is 18.8 Å². The molecule has 0 amide bonds. The maximum atomic E-state index is 11.6. The summed E-state index contributed by atoms with van der Waals surface area (Å²) >= 11 is 0. The highest BCUT2D eigenvalue weighted by atomic mass is 31.2. The van der Waals surface area contributed by atoms with Crippen molar-refractivity contribution in [2.24, 2.45) is 5.73 Å². The van der Waals surface area contributed by atoms with E-state index < -0.39 is 51.2 Å². The lowest BCUT2D eigenvalue weighted by molar-refractivity contribution is -0.243. The van der Waals surface area contributed by atoms with Gasteiger partial charge in [0.15, 0.2) is 6.29 Å². The molecule has 1 fully saturated rings. The first kappa shape index (κ1) is 17.0. The lowest BCUT2D eigenvalue weighted by atomic mass is 9.98. The van der Waals surface area contributed by atoms with Gasteiger partial charge in [-0.15, -0.1) is 0 Å². The molecule has 0 aromatic heterocycles. The number of hydrogen-bond acceptors (Lipinski definition) is 8. The highest BCUT2D eigenvalue weighted by molar-refractivity contribution is 7.47. The van der Waals surface area contributed by atoms with Crippen molar-refractivity contribution in [2.45, 2.75) is 50.6 Å². The lowest BCUT2D eigenvalue weighted by Crippen LogP contribution is -2.62. The molecule has 6 atom stereocenters. The average molecular weight is 301 g/mol. The van der Waals surface area contributed by atoms with Crippen molar-refractivity contribution in [3.8, 4) is 0 Å². The number of aliphatic hydroxyl groups excluding tert-OH is 3. The van der Waals surface area contributed by atoms with Crippen LogP contribution in [0.4, 0.5) is 0 Å². The first-order valence-electron chi connectivity index (χ1n) is 5.75. The van der Waals surface area contributed by atoms with E-state index in [1.54, 1.807) is 0 Å². The van der Waals surface area contributed by atoms with E-state index in [1.165, 1.54) is 13.8 Å². The number of ether oxygens (including phenoxy) is 1. The number of hydrogen-bond donors (Lipinski definition) is 5. The summed E-state index contributed by atoms with van der Waals surface area (Å²) in [4.78, 5) is 9.43. The van der Waals surface area contributed by atoms with Gasteiger partial charge in [0.2, 0.25) is 0 Å². The third-order valence-electron chi connectivity index (χ3n) is 2.51. The van der Waals surface area contributed by atoms with Crippen molar-refractivity contribution >= 4 is 7.82 Å². The number of nitrogens with two attached hydrogens (primary N) is 1. The lowest BCUT2D eigenvalue weighted by Gasteiger charge is -2.40. The molecule has 0 aromatic carbocycles. The number of phosphoric acid groups is 1.